The number of halogens is 1. The molecule has 0 unspecified atom stereocenters. The van der Waals surface area contributed by atoms with Crippen molar-refractivity contribution in [2.45, 2.75) is 19.6 Å². The molecule has 96 valence electrons. The van der Waals surface area contributed by atoms with Crippen molar-refractivity contribution in [3.63, 3.8) is 0 Å². The molecule has 5 nitrogen and oxygen atoms in total. The van der Waals surface area contributed by atoms with Crippen LogP contribution >= 0.6 is 15.9 Å². The lowest BCUT2D eigenvalue weighted by Gasteiger charge is -2.07. The fraction of sp³-hybridized carbons (Fsp3) is 0.333. The summed E-state index contributed by atoms with van der Waals surface area (Å²) >= 11 is 3.38. The average Bonchev–Trinajstić information content (AvgIpc) is 2.80. The fourth-order valence-electron chi connectivity index (χ4n) is 1.76. The SMILES string of the molecule is OCCCn1nnc(CO)c1-c1ccc(Br)cc1. The minimum absolute atomic E-state index is 0.105. The Labute approximate surface area is 113 Å². The highest BCUT2D eigenvalue weighted by Gasteiger charge is 2.13. The Morgan fingerprint density at radius 1 is 1.17 bits per heavy atom. The zero-order valence-electron chi connectivity index (χ0n) is 9.75. The minimum Gasteiger partial charge on any atom is -0.396 e. The molecule has 1 heterocycles. The van der Waals surface area contributed by atoms with Gasteiger partial charge < -0.3 is 10.2 Å². The Balaban J connectivity index is 2.39. The summed E-state index contributed by atoms with van der Waals surface area (Å²) in [5.74, 6) is 0. The smallest absolute Gasteiger partial charge is 0.116 e. The molecule has 0 atom stereocenters. The van der Waals surface area contributed by atoms with Crippen molar-refractivity contribution in [1.82, 2.24) is 15.0 Å². The van der Waals surface area contributed by atoms with Crippen molar-refractivity contribution in [1.29, 1.82) is 0 Å². The van der Waals surface area contributed by atoms with Crippen LogP contribution in [0.1, 0.15) is 12.1 Å². The second-order valence-corrected chi connectivity index (χ2v) is 4.77. The summed E-state index contributed by atoms with van der Waals surface area (Å²) in [4.78, 5) is 0. The van der Waals surface area contributed by atoms with Gasteiger partial charge >= 0.3 is 0 Å². The van der Waals surface area contributed by atoms with E-state index in [9.17, 15) is 5.11 Å². The van der Waals surface area contributed by atoms with Crippen LogP contribution in [0.15, 0.2) is 28.7 Å². The van der Waals surface area contributed by atoms with Gasteiger partial charge in [0, 0.05) is 23.2 Å². The third-order valence-electron chi connectivity index (χ3n) is 2.60. The lowest BCUT2D eigenvalue weighted by molar-refractivity contribution is 0.276. The van der Waals surface area contributed by atoms with E-state index in [1.807, 2.05) is 24.3 Å². The summed E-state index contributed by atoms with van der Waals surface area (Å²) in [6.45, 7) is 0.535. The molecule has 0 aliphatic rings. The van der Waals surface area contributed by atoms with Crippen LogP contribution < -0.4 is 0 Å². The first-order chi connectivity index (χ1) is 8.76. The van der Waals surface area contributed by atoms with E-state index >= 15 is 0 Å². The van der Waals surface area contributed by atoms with E-state index in [0.717, 1.165) is 15.7 Å². The van der Waals surface area contributed by atoms with E-state index in [2.05, 4.69) is 26.2 Å². The predicted octanol–water partition coefficient (Wildman–Crippen LogP) is 1.58. The van der Waals surface area contributed by atoms with Crippen LogP contribution in [-0.4, -0.2) is 31.8 Å². The van der Waals surface area contributed by atoms with Gasteiger partial charge in [-0.05, 0) is 18.6 Å². The zero-order chi connectivity index (χ0) is 13.0. The number of hydrogen-bond donors (Lipinski definition) is 2. The number of benzene rings is 1. The number of hydrogen-bond acceptors (Lipinski definition) is 4. The summed E-state index contributed by atoms with van der Waals surface area (Å²) in [5.41, 5.74) is 2.30. The van der Waals surface area contributed by atoms with E-state index in [-0.39, 0.29) is 13.2 Å². The highest BCUT2D eigenvalue weighted by molar-refractivity contribution is 9.10. The topological polar surface area (TPSA) is 71.2 Å². The highest BCUT2D eigenvalue weighted by Crippen LogP contribution is 2.24. The Morgan fingerprint density at radius 3 is 2.50 bits per heavy atom. The van der Waals surface area contributed by atoms with Gasteiger partial charge in [0.2, 0.25) is 0 Å². The van der Waals surface area contributed by atoms with Gasteiger partial charge in [0.1, 0.15) is 5.69 Å². The van der Waals surface area contributed by atoms with Gasteiger partial charge in [-0.25, -0.2) is 4.68 Å². The van der Waals surface area contributed by atoms with Crippen molar-refractivity contribution in [3.05, 3.63) is 34.4 Å². The first kappa shape index (κ1) is 13.2. The van der Waals surface area contributed by atoms with E-state index < -0.39 is 0 Å². The van der Waals surface area contributed by atoms with Gasteiger partial charge in [0.25, 0.3) is 0 Å². The number of rotatable bonds is 5. The van der Waals surface area contributed by atoms with Crippen LogP contribution in [0.3, 0.4) is 0 Å². The molecule has 0 radical (unpaired) electrons. The summed E-state index contributed by atoms with van der Waals surface area (Å²) in [6.07, 6.45) is 0.609. The third-order valence-corrected chi connectivity index (χ3v) is 3.13. The van der Waals surface area contributed by atoms with Gasteiger partial charge in [-0.2, -0.15) is 0 Å². The van der Waals surface area contributed by atoms with Crippen LogP contribution in [0.2, 0.25) is 0 Å². The average molecular weight is 312 g/mol. The Kier molecular flexibility index (Phi) is 4.46. The van der Waals surface area contributed by atoms with Gasteiger partial charge in [-0.15, -0.1) is 5.10 Å². The van der Waals surface area contributed by atoms with Crippen LogP contribution in [0.25, 0.3) is 11.3 Å². The predicted molar refractivity (Wildman–Crippen MR) is 70.8 cm³/mol. The lowest BCUT2D eigenvalue weighted by Crippen LogP contribution is -2.04. The second-order valence-electron chi connectivity index (χ2n) is 3.85. The van der Waals surface area contributed by atoms with Crippen molar-refractivity contribution in [2.75, 3.05) is 6.61 Å². The molecular weight excluding hydrogens is 298 g/mol. The molecule has 6 heteroatoms. The molecule has 1 aromatic heterocycles. The molecule has 0 aliphatic carbocycles. The van der Waals surface area contributed by atoms with E-state index in [1.165, 1.54) is 0 Å². The molecular formula is C12H14BrN3O2. The maximum absolute atomic E-state index is 9.30. The largest absolute Gasteiger partial charge is 0.396 e. The van der Waals surface area contributed by atoms with Crippen molar-refractivity contribution in [2.24, 2.45) is 0 Å². The van der Waals surface area contributed by atoms with E-state index in [1.54, 1.807) is 4.68 Å². The molecule has 0 fully saturated rings. The van der Waals surface area contributed by atoms with Gasteiger partial charge in [-0.1, -0.05) is 33.3 Å². The summed E-state index contributed by atoms with van der Waals surface area (Å²) < 4.78 is 2.71. The first-order valence-corrected chi connectivity index (χ1v) is 6.45. The van der Waals surface area contributed by atoms with Gasteiger partial charge in [-0.3, -0.25) is 0 Å². The van der Waals surface area contributed by atoms with Gasteiger partial charge in [0.15, 0.2) is 0 Å². The monoisotopic (exact) mass is 311 g/mol. The van der Waals surface area contributed by atoms with Crippen molar-refractivity contribution >= 4 is 15.9 Å². The maximum Gasteiger partial charge on any atom is 0.116 e. The summed E-state index contributed by atoms with van der Waals surface area (Å²) in [5, 5.41) is 26.1. The first-order valence-electron chi connectivity index (χ1n) is 5.66. The zero-order valence-corrected chi connectivity index (χ0v) is 11.3. The molecule has 18 heavy (non-hydrogen) atoms. The molecule has 0 saturated carbocycles. The van der Waals surface area contributed by atoms with Crippen molar-refractivity contribution in [3.8, 4) is 11.3 Å². The molecule has 1 aromatic carbocycles. The summed E-state index contributed by atoms with van der Waals surface area (Å²) in [7, 11) is 0. The number of aromatic nitrogens is 3. The third kappa shape index (κ3) is 2.77. The Bertz CT molecular complexity index is 511. The molecule has 2 N–H and O–H groups in total. The lowest BCUT2D eigenvalue weighted by atomic mass is 10.1. The quantitative estimate of drug-likeness (QED) is 0.879. The second kappa shape index (κ2) is 6.08. The van der Waals surface area contributed by atoms with E-state index in [4.69, 9.17) is 5.11 Å². The number of aliphatic hydroxyl groups is 2. The van der Waals surface area contributed by atoms with Crippen LogP contribution in [-0.2, 0) is 13.2 Å². The standard InChI is InChI=1S/C12H14BrN3O2/c13-10-4-2-9(3-5-10)12-11(8-18)14-15-16(12)6-1-7-17/h2-5,17-18H,1,6-8H2. The molecule has 0 bridgehead atoms. The van der Waals surface area contributed by atoms with E-state index in [0.29, 0.717) is 18.7 Å². The van der Waals surface area contributed by atoms with Crippen molar-refractivity contribution < 1.29 is 10.2 Å². The molecule has 0 saturated heterocycles. The van der Waals surface area contributed by atoms with Crippen LogP contribution in [0, 0.1) is 0 Å². The molecule has 0 aliphatic heterocycles. The molecule has 0 amide bonds. The number of aryl methyl sites for hydroxylation is 1. The van der Waals surface area contributed by atoms with Gasteiger partial charge in [0.05, 0.1) is 12.3 Å². The summed E-state index contributed by atoms with van der Waals surface area (Å²) in [6, 6.07) is 7.74. The molecule has 2 rings (SSSR count). The maximum atomic E-state index is 9.30. The Morgan fingerprint density at radius 2 is 1.89 bits per heavy atom. The number of aliphatic hydroxyl groups excluding tert-OH is 2. The van der Waals surface area contributed by atoms with Crippen LogP contribution in [0.4, 0.5) is 0 Å². The number of nitrogens with zero attached hydrogens (tertiary/aromatic N) is 3. The Hall–Kier alpha value is -1.24. The van der Waals surface area contributed by atoms with Crippen LogP contribution in [0.5, 0.6) is 0 Å². The molecule has 2 aromatic rings. The normalized spacial score (nSPS) is 10.8. The minimum atomic E-state index is -0.148. The fourth-order valence-corrected chi connectivity index (χ4v) is 2.02. The highest BCUT2D eigenvalue weighted by atomic mass is 79.9. The molecule has 0 spiro atoms.